The Morgan fingerprint density at radius 3 is 2.70 bits per heavy atom. The molecule has 1 saturated heterocycles. The van der Waals surface area contributed by atoms with E-state index in [1.165, 1.54) is 12.1 Å². The number of hydrogen-bond acceptors (Lipinski definition) is 3. The lowest BCUT2D eigenvalue weighted by atomic mass is 10.1. The van der Waals surface area contributed by atoms with E-state index in [0.717, 1.165) is 25.2 Å². The highest BCUT2D eigenvalue weighted by molar-refractivity contribution is 6.30. The van der Waals surface area contributed by atoms with Crippen LogP contribution in [0.2, 0.25) is 5.02 Å². The number of amides is 2. The van der Waals surface area contributed by atoms with Gasteiger partial charge in [-0.05, 0) is 42.7 Å². The van der Waals surface area contributed by atoms with Gasteiger partial charge in [-0.25, -0.2) is 9.18 Å². The second kappa shape index (κ2) is 9.06. The van der Waals surface area contributed by atoms with Gasteiger partial charge in [-0.3, -0.25) is 0 Å². The van der Waals surface area contributed by atoms with E-state index in [0.29, 0.717) is 17.5 Å². The number of aliphatic hydroxyl groups excluding tert-OH is 1. The molecule has 2 atom stereocenters. The number of aliphatic hydroxyl groups is 1. The van der Waals surface area contributed by atoms with Crippen molar-refractivity contribution in [1.82, 2.24) is 10.6 Å². The third kappa shape index (κ3) is 5.34. The summed E-state index contributed by atoms with van der Waals surface area (Å²) in [5.74, 6) is -0.136. The summed E-state index contributed by atoms with van der Waals surface area (Å²) in [7, 11) is 0. The van der Waals surface area contributed by atoms with Gasteiger partial charge in [-0.2, -0.15) is 0 Å². The number of anilines is 1. The number of nitrogens with zero attached hydrogens (tertiary/aromatic N) is 1. The number of benzene rings is 2. The quantitative estimate of drug-likeness (QED) is 0.707. The number of rotatable bonds is 6. The van der Waals surface area contributed by atoms with Crippen molar-refractivity contribution in [3.63, 3.8) is 0 Å². The van der Waals surface area contributed by atoms with E-state index in [4.69, 9.17) is 11.6 Å². The van der Waals surface area contributed by atoms with Gasteiger partial charge >= 0.3 is 6.03 Å². The van der Waals surface area contributed by atoms with E-state index < -0.39 is 11.9 Å². The highest BCUT2D eigenvalue weighted by atomic mass is 35.5. The van der Waals surface area contributed by atoms with Crippen LogP contribution in [0.1, 0.15) is 18.1 Å². The van der Waals surface area contributed by atoms with Crippen molar-refractivity contribution >= 4 is 23.3 Å². The van der Waals surface area contributed by atoms with Crippen LogP contribution >= 0.6 is 11.6 Å². The van der Waals surface area contributed by atoms with E-state index in [1.807, 2.05) is 24.3 Å². The van der Waals surface area contributed by atoms with Crippen molar-refractivity contribution in [3.05, 3.63) is 64.9 Å². The van der Waals surface area contributed by atoms with Gasteiger partial charge < -0.3 is 20.6 Å². The molecule has 3 N–H and O–H groups in total. The molecule has 1 fully saturated rings. The maximum atomic E-state index is 13.6. The van der Waals surface area contributed by atoms with E-state index in [2.05, 4.69) is 15.5 Å². The summed E-state index contributed by atoms with van der Waals surface area (Å²) in [4.78, 5) is 14.2. The summed E-state index contributed by atoms with van der Waals surface area (Å²) in [6.07, 6.45) is -0.0929. The number of carbonyl (C=O) groups excluding carboxylic acids is 1. The molecular formula is C20H23ClFN3O2. The first kappa shape index (κ1) is 19.5. The van der Waals surface area contributed by atoms with Crippen molar-refractivity contribution < 1.29 is 14.3 Å². The second-order valence-electron chi connectivity index (χ2n) is 6.71. The number of carbonyl (C=O) groups is 1. The number of hydrogen-bond donors (Lipinski definition) is 3. The Morgan fingerprint density at radius 2 is 1.96 bits per heavy atom. The van der Waals surface area contributed by atoms with E-state index in [9.17, 15) is 14.3 Å². The van der Waals surface area contributed by atoms with Gasteiger partial charge in [0, 0.05) is 42.5 Å². The predicted octanol–water partition coefficient (Wildman–Crippen LogP) is 3.34. The van der Waals surface area contributed by atoms with Crippen LogP contribution in [0, 0.1) is 11.7 Å². The summed E-state index contributed by atoms with van der Waals surface area (Å²) in [5, 5.41) is 16.1. The lowest BCUT2D eigenvalue weighted by molar-refractivity contribution is 0.168. The van der Waals surface area contributed by atoms with Crippen molar-refractivity contribution in [2.75, 3.05) is 31.1 Å². The van der Waals surface area contributed by atoms with Gasteiger partial charge in [0.2, 0.25) is 0 Å². The molecule has 5 nitrogen and oxygen atoms in total. The summed E-state index contributed by atoms with van der Waals surface area (Å²) in [5.41, 5.74) is 1.30. The highest BCUT2D eigenvalue weighted by Crippen LogP contribution is 2.24. The molecule has 0 aromatic heterocycles. The van der Waals surface area contributed by atoms with Crippen LogP contribution in [0.15, 0.2) is 48.5 Å². The number of nitrogens with one attached hydrogen (secondary N) is 2. The van der Waals surface area contributed by atoms with Gasteiger partial charge in [0.15, 0.2) is 0 Å². The molecule has 0 saturated carbocycles. The topological polar surface area (TPSA) is 64.6 Å². The Hall–Kier alpha value is -2.31. The first-order chi connectivity index (χ1) is 13.0. The smallest absolute Gasteiger partial charge is 0.314 e. The fourth-order valence-corrected chi connectivity index (χ4v) is 3.36. The Labute approximate surface area is 163 Å². The lowest BCUT2D eigenvalue weighted by Crippen LogP contribution is -2.40. The summed E-state index contributed by atoms with van der Waals surface area (Å²) in [6, 6.07) is 13.4. The molecule has 1 aliphatic heterocycles. The van der Waals surface area contributed by atoms with Crippen LogP contribution in [-0.2, 0) is 0 Å². The molecule has 0 radical (unpaired) electrons. The van der Waals surface area contributed by atoms with Crippen molar-refractivity contribution in [1.29, 1.82) is 0 Å². The molecule has 0 bridgehead atoms. The van der Waals surface area contributed by atoms with Gasteiger partial charge in [-0.1, -0.05) is 29.8 Å². The molecule has 1 heterocycles. The van der Waals surface area contributed by atoms with Crippen molar-refractivity contribution in [2.45, 2.75) is 12.5 Å². The molecule has 144 valence electrons. The SMILES string of the molecule is O=C(NCC1CCN(c2ccc(Cl)cc2)C1)NCC(O)c1ccccc1F. The zero-order valence-corrected chi connectivity index (χ0v) is 15.6. The molecule has 0 spiro atoms. The minimum Gasteiger partial charge on any atom is -0.386 e. The maximum absolute atomic E-state index is 13.6. The molecule has 7 heteroatoms. The normalized spacial score (nSPS) is 17.6. The van der Waals surface area contributed by atoms with Crippen LogP contribution in [0.4, 0.5) is 14.9 Å². The third-order valence-electron chi connectivity index (χ3n) is 4.75. The van der Waals surface area contributed by atoms with Crippen LogP contribution < -0.4 is 15.5 Å². The molecule has 2 aromatic rings. The summed E-state index contributed by atoms with van der Waals surface area (Å²) < 4.78 is 13.6. The van der Waals surface area contributed by atoms with E-state index in [-0.39, 0.29) is 18.1 Å². The largest absolute Gasteiger partial charge is 0.386 e. The number of urea groups is 1. The average molecular weight is 392 g/mol. The van der Waals surface area contributed by atoms with Crippen LogP contribution in [0.25, 0.3) is 0 Å². The molecule has 2 aromatic carbocycles. The second-order valence-corrected chi connectivity index (χ2v) is 7.14. The Bertz CT molecular complexity index is 772. The third-order valence-corrected chi connectivity index (χ3v) is 5.00. The average Bonchev–Trinajstić information content (AvgIpc) is 3.14. The zero-order chi connectivity index (χ0) is 19.2. The first-order valence-electron chi connectivity index (χ1n) is 8.97. The van der Waals surface area contributed by atoms with E-state index >= 15 is 0 Å². The number of halogens is 2. The van der Waals surface area contributed by atoms with Crippen molar-refractivity contribution in [2.24, 2.45) is 5.92 Å². The lowest BCUT2D eigenvalue weighted by Gasteiger charge is -2.19. The zero-order valence-electron chi connectivity index (χ0n) is 14.9. The van der Waals surface area contributed by atoms with Crippen LogP contribution in [0.3, 0.4) is 0 Å². The van der Waals surface area contributed by atoms with E-state index in [1.54, 1.807) is 12.1 Å². The van der Waals surface area contributed by atoms with Gasteiger partial charge in [0.25, 0.3) is 0 Å². The fraction of sp³-hybridized carbons (Fsp3) is 0.350. The monoisotopic (exact) mass is 391 g/mol. The summed E-state index contributed by atoms with van der Waals surface area (Å²) in [6.45, 7) is 2.29. The Morgan fingerprint density at radius 1 is 1.22 bits per heavy atom. The standard InChI is InChI=1S/C20H23ClFN3O2/c21-15-5-7-16(8-6-15)25-10-9-14(13-25)11-23-20(27)24-12-19(26)17-3-1-2-4-18(17)22/h1-8,14,19,26H,9-13H2,(H2,23,24,27). The molecule has 2 unspecified atom stereocenters. The van der Waals surface area contributed by atoms with Gasteiger partial charge in [-0.15, -0.1) is 0 Å². The van der Waals surface area contributed by atoms with Crippen molar-refractivity contribution in [3.8, 4) is 0 Å². The Kier molecular flexibility index (Phi) is 6.53. The molecule has 1 aliphatic rings. The fourth-order valence-electron chi connectivity index (χ4n) is 3.23. The molecular weight excluding hydrogens is 369 g/mol. The van der Waals surface area contributed by atoms with Gasteiger partial charge in [0.05, 0.1) is 6.10 Å². The maximum Gasteiger partial charge on any atom is 0.314 e. The molecule has 2 amide bonds. The van der Waals surface area contributed by atoms with Crippen LogP contribution in [0.5, 0.6) is 0 Å². The molecule has 3 rings (SSSR count). The molecule has 0 aliphatic carbocycles. The Balaban J connectivity index is 1.39. The van der Waals surface area contributed by atoms with Crippen LogP contribution in [-0.4, -0.2) is 37.3 Å². The minimum atomic E-state index is -1.08. The first-order valence-corrected chi connectivity index (χ1v) is 9.35. The summed E-state index contributed by atoms with van der Waals surface area (Å²) >= 11 is 5.92. The minimum absolute atomic E-state index is 0.0473. The predicted molar refractivity (Wildman–Crippen MR) is 105 cm³/mol. The van der Waals surface area contributed by atoms with Gasteiger partial charge in [0.1, 0.15) is 5.82 Å². The molecule has 27 heavy (non-hydrogen) atoms. The highest BCUT2D eigenvalue weighted by Gasteiger charge is 2.23.